The number of nitrogens with zero attached hydrogens (tertiary/aromatic N) is 2. The number of rotatable bonds is 6. The molecule has 7 nitrogen and oxygen atoms in total. The summed E-state index contributed by atoms with van der Waals surface area (Å²) in [5.74, 6) is 1.27. The smallest absolute Gasteiger partial charge is 0.232 e. The van der Waals surface area contributed by atoms with E-state index in [1.807, 2.05) is 4.90 Å². The van der Waals surface area contributed by atoms with Crippen LogP contribution in [0, 0.1) is 0 Å². The van der Waals surface area contributed by atoms with Crippen molar-refractivity contribution in [3.05, 3.63) is 18.2 Å². The van der Waals surface area contributed by atoms with E-state index >= 15 is 0 Å². The Morgan fingerprint density at radius 1 is 1.12 bits per heavy atom. The van der Waals surface area contributed by atoms with Crippen LogP contribution in [-0.2, 0) is 14.8 Å². The van der Waals surface area contributed by atoms with E-state index in [4.69, 9.17) is 9.47 Å². The molecule has 0 unspecified atom stereocenters. The summed E-state index contributed by atoms with van der Waals surface area (Å²) in [6, 6.07) is 5.07. The van der Waals surface area contributed by atoms with Crippen molar-refractivity contribution in [2.45, 2.75) is 38.5 Å². The van der Waals surface area contributed by atoms with E-state index in [-0.39, 0.29) is 19.2 Å². The van der Waals surface area contributed by atoms with Crippen LogP contribution in [0.15, 0.2) is 18.2 Å². The molecule has 3 rings (SSSR count). The second kappa shape index (κ2) is 8.16. The van der Waals surface area contributed by atoms with E-state index in [9.17, 15) is 13.2 Å². The molecule has 0 spiro atoms. The molecular weight excluding hydrogens is 356 g/mol. The molecule has 0 bridgehead atoms. The van der Waals surface area contributed by atoms with Gasteiger partial charge in [0.15, 0.2) is 11.5 Å². The van der Waals surface area contributed by atoms with Crippen LogP contribution in [0.5, 0.6) is 11.5 Å². The molecule has 0 atom stereocenters. The fraction of sp³-hybridized carbons (Fsp3) is 0.611. The summed E-state index contributed by atoms with van der Waals surface area (Å²) in [6.45, 7) is 2.04. The van der Waals surface area contributed by atoms with Gasteiger partial charge in [-0.25, -0.2) is 8.42 Å². The summed E-state index contributed by atoms with van der Waals surface area (Å²) < 4.78 is 36.4. The first kappa shape index (κ1) is 18.8. The monoisotopic (exact) mass is 382 g/mol. The maximum atomic E-state index is 12.4. The zero-order chi connectivity index (χ0) is 18.6. The van der Waals surface area contributed by atoms with E-state index in [1.54, 1.807) is 18.2 Å². The minimum absolute atomic E-state index is 0.117. The topological polar surface area (TPSA) is 76.2 Å². The molecule has 0 saturated carbocycles. The fourth-order valence-electron chi connectivity index (χ4n) is 3.38. The van der Waals surface area contributed by atoms with Crippen molar-refractivity contribution in [2.75, 3.05) is 37.0 Å². The summed E-state index contributed by atoms with van der Waals surface area (Å²) >= 11 is 0. The standard InChI is InChI=1S/C18H26N2O5S/c1-26(22,23)20(15-8-9-16-17(13-15)25-14-24-16)12-6-7-18(21)19-10-4-2-3-5-11-19/h8-9,13H,2-7,10-12,14H2,1H3. The van der Waals surface area contributed by atoms with Gasteiger partial charge >= 0.3 is 0 Å². The number of carbonyl (C=O) groups is 1. The number of carbonyl (C=O) groups excluding carboxylic acids is 1. The number of hydrogen-bond donors (Lipinski definition) is 0. The predicted octanol–water partition coefficient (Wildman–Crippen LogP) is 2.36. The lowest BCUT2D eigenvalue weighted by atomic mass is 10.2. The molecule has 1 fully saturated rings. The maximum Gasteiger partial charge on any atom is 0.232 e. The molecule has 2 aliphatic rings. The molecule has 0 radical (unpaired) electrons. The summed E-state index contributed by atoms with van der Waals surface area (Å²) in [5.41, 5.74) is 0.527. The Kier molecular flexibility index (Phi) is 5.90. The normalized spacial score (nSPS) is 17.0. The molecule has 1 saturated heterocycles. The molecule has 1 amide bonds. The summed E-state index contributed by atoms with van der Waals surface area (Å²) in [4.78, 5) is 14.3. The number of benzene rings is 1. The van der Waals surface area contributed by atoms with Crippen molar-refractivity contribution in [2.24, 2.45) is 0 Å². The van der Waals surface area contributed by atoms with Crippen LogP contribution in [0.4, 0.5) is 5.69 Å². The van der Waals surface area contributed by atoms with Crippen molar-refractivity contribution >= 4 is 21.6 Å². The average Bonchev–Trinajstić information content (AvgIpc) is 2.88. The van der Waals surface area contributed by atoms with Crippen LogP contribution >= 0.6 is 0 Å². The van der Waals surface area contributed by atoms with Gasteiger partial charge in [-0.3, -0.25) is 9.10 Å². The van der Waals surface area contributed by atoms with Crippen molar-refractivity contribution < 1.29 is 22.7 Å². The molecule has 0 aromatic heterocycles. The van der Waals surface area contributed by atoms with E-state index in [0.29, 0.717) is 30.0 Å². The Bertz CT molecular complexity index is 742. The van der Waals surface area contributed by atoms with Gasteiger partial charge in [0.1, 0.15) is 0 Å². The second-order valence-electron chi connectivity index (χ2n) is 6.77. The van der Waals surface area contributed by atoms with Crippen LogP contribution in [0.2, 0.25) is 0 Å². The third-order valence-electron chi connectivity index (χ3n) is 4.76. The SMILES string of the molecule is CS(=O)(=O)N(CCCC(=O)N1CCCCCC1)c1ccc2c(c1)OCO2. The van der Waals surface area contributed by atoms with Crippen molar-refractivity contribution in [1.82, 2.24) is 4.90 Å². The highest BCUT2D eigenvalue weighted by Crippen LogP contribution is 2.36. The lowest BCUT2D eigenvalue weighted by molar-refractivity contribution is -0.131. The highest BCUT2D eigenvalue weighted by molar-refractivity contribution is 7.92. The van der Waals surface area contributed by atoms with E-state index in [2.05, 4.69) is 0 Å². The number of likely N-dealkylation sites (tertiary alicyclic amines) is 1. The van der Waals surface area contributed by atoms with Crippen molar-refractivity contribution in [3.63, 3.8) is 0 Å². The molecule has 2 aliphatic heterocycles. The Hall–Kier alpha value is -1.96. The van der Waals surface area contributed by atoms with Crippen LogP contribution in [0.25, 0.3) is 0 Å². The van der Waals surface area contributed by atoms with Gasteiger partial charge in [0, 0.05) is 32.1 Å². The summed E-state index contributed by atoms with van der Waals surface area (Å²) in [6.07, 6.45) is 6.48. The van der Waals surface area contributed by atoms with E-state index < -0.39 is 10.0 Å². The molecule has 144 valence electrons. The van der Waals surface area contributed by atoms with Gasteiger partial charge in [0.2, 0.25) is 22.7 Å². The Morgan fingerprint density at radius 2 is 1.81 bits per heavy atom. The maximum absolute atomic E-state index is 12.4. The number of hydrogen-bond acceptors (Lipinski definition) is 5. The van der Waals surface area contributed by atoms with Gasteiger partial charge in [-0.05, 0) is 31.4 Å². The highest BCUT2D eigenvalue weighted by atomic mass is 32.2. The van der Waals surface area contributed by atoms with Gasteiger partial charge in [-0.15, -0.1) is 0 Å². The van der Waals surface area contributed by atoms with Crippen LogP contribution in [0.3, 0.4) is 0 Å². The van der Waals surface area contributed by atoms with Gasteiger partial charge in [0.05, 0.1) is 11.9 Å². The molecule has 1 aromatic carbocycles. The number of ether oxygens (including phenoxy) is 2. The first-order valence-electron chi connectivity index (χ1n) is 9.10. The summed E-state index contributed by atoms with van der Waals surface area (Å²) in [5, 5.41) is 0. The zero-order valence-electron chi connectivity index (χ0n) is 15.1. The van der Waals surface area contributed by atoms with E-state index in [0.717, 1.165) is 25.9 Å². The van der Waals surface area contributed by atoms with Gasteiger partial charge in [-0.2, -0.15) is 0 Å². The number of amides is 1. The Morgan fingerprint density at radius 3 is 2.50 bits per heavy atom. The first-order chi connectivity index (χ1) is 12.4. The van der Waals surface area contributed by atoms with Crippen LogP contribution < -0.4 is 13.8 Å². The van der Waals surface area contributed by atoms with Crippen molar-refractivity contribution in [3.8, 4) is 11.5 Å². The third kappa shape index (κ3) is 4.60. The summed E-state index contributed by atoms with van der Waals surface area (Å²) in [7, 11) is -3.45. The van der Waals surface area contributed by atoms with Crippen molar-refractivity contribution in [1.29, 1.82) is 0 Å². The highest BCUT2D eigenvalue weighted by Gasteiger charge is 2.22. The van der Waals surface area contributed by atoms with Crippen LogP contribution in [-0.4, -0.2) is 51.9 Å². The molecule has 0 aliphatic carbocycles. The van der Waals surface area contributed by atoms with Gasteiger partial charge in [-0.1, -0.05) is 12.8 Å². The number of fused-ring (bicyclic) bond motifs is 1. The van der Waals surface area contributed by atoms with Gasteiger partial charge < -0.3 is 14.4 Å². The quantitative estimate of drug-likeness (QED) is 0.755. The molecule has 0 N–H and O–H groups in total. The Balaban J connectivity index is 1.61. The number of anilines is 1. The minimum atomic E-state index is -3.45. The van der Waals surface area contributed by atoms with E-state index in [1.165, 1.54) is 23.4 Å². The third-order valence-corrected chi connectivity index (χ3v) is 5.95. The minimum Gasteiger partial charge on any atom is -0.454 e. The molecule has 26 heavy (non-hydrogen) atoms. The molecular formula is C18H26N2O5S. The largest absolute Gasteiger partial charge is 0.454 e. The lowest BCUT2D eigenvalue weighted by Crippen LogP contribution is -2.34. The second-order valence-corrected chi connectivity index (χ2v) is 8.68. The molecule has 8 heteroatoms. The fourth-order valence-corrected chi connectivity index (χ4v) is 4.34. The molecule has 1 aromatic rings. The number of sulfonamides is 1. The first-order valence-corrected chi connectivity index (χ1v) is 10.9. The van der Waals surface area contributed by atoms with Crippen LogP contribution in [0.1, 0.15) is 38.5 Å². The lowest BCUT2D eigenvalue weighted by Gasteiger charge is -2.24. The molecule has 2 heterocycles. The zero-order valence-corrected chi connectivity index (χ0v) is 16.0. The Labute approximate surface area is 154 Å². The average molecular weight is 382 g/mol. The predicted molar refractivity (Wildman–Crippen MR) is 99.0 cm³/mol. The van der Waals surface area contributed by atoms with Gasteiger partial charge in [0.25, 0.3) is 0 Å².